The second-order valence-corrected chi connectivity index (χ2v) is 9.49. The van der Waals surface area contributed by atoms with Gasteiger partial charge in [-0.25, -0.2) is 13.8 Å². The summed E-state index contributed by atoms with van der Waals surface area (Å²) in [7, 11) is 0. The molecule has 6 nitrogen and oxygen atoms in total. The van der Waals surface area contributed by atoms with Crippen LogP contribution in [0, 0.1) is 5.92 Å². The smallest absolute Gasteiger partial charge is 0.257 e. The van der Waals surface area contributed by atoms with Crippen LogP contribution in [-0.2, 0) is 13.0 Å². The van der Waals surface area contributed by atoms with Gasteiger partial charge in [-0.15, -0.1) is 11.3 Å². The van der Waals surface area contributed by atoms with E-state index < -0.39 is 13.0 Å². The van der Waals surface area contributed by atoms with Gasteiger partial charge in [0.1, 0.15) is 18.0 Å². The second kappa shape index (κ2) is 9.52. The molecule has 1 fully saturated rings. The number of fused-ring (bicyclic) bond motifs is 1. The molecule has 0 spiro atoms. The third-order valence-electron chi connectivity index (χ3n) is 5.93. The van der Waals surface area contributed by atoms with Crippen LogP contribution >= 0.6 is 11.3 Å². The summed E-state index contributed by atoms with van der Waals surface area (Å²) in [4.78, 5) is 9.05. The third kappa shape index (κ3) is 5.20. The van der Waals surface area contributed by atoms with E-state index in [1.165, 1.54) is 17.3 Å². The third-order valence-corrected chi connectivity index (χ3v) is 6.97. The van der Waals surface area contributed by atoms with Gasteiger partial charge in [0.2, 0.25) is 0 Å². The molecule has 0 radical (unpaired) electrons. The number of aromatic nitrogens is 4. The maximum atomic E-state index is 12.6. The van der Waals surface area contributed by atoms with Gasteiger partial charge in [-0.05, 0) is 37.0 Å². The molecule has 3 heterocycles. The van der Waals surface area contributed by atoms with Gasteiger partial charge in [-0.1, -0.05) is 12.8 Å². The van der Waals surface area contributed by atoms with E-state index in [0.717, 1.165) is 40.9 Å². The van der Waals surface area contributed by atoms with Crippen molar-refractivity contribution in [3.05, 3.63) is 53.9 Å². The number of halogens is 2. The maximum absolute atomic E-state index is 12.6. The Morgan fingerprint density at radius 2 is 2.00 bits per heavy atom. The quantitative estimate of drug-likeness (QED) is 0.375. The molecule has 0 unspecified atom stereocenters. The van der Waals surface area contributed by atoms with Crippen molar-refractivity contribution in [2.75, 3.05) is 0 Å². The molecule has 9 heteroatoms. The molecular formula is C24H24F2N4O2S. The topological polar surface area (TPSA) is 73.1 Å². The average molecular weight is 471 g/mol. The number of aliphatic hydroxyl groups is 1. The average Bonchev–Trinajstić information content (AvgIpc) is 3.41. The molecule has 0 bridgehead atoms. The van der Waals surface area contributed by atoms with Crippen molar-refractivity contribution < 1.29 is 18.6 Å². The molecule has 3 aromatic heterocycles. The van der Waals surface area contributed by atoms with E-state index >= 15 is 0 Å². The lowest BCUT2D eigenvalue weighted by molar-refractivity contribution is 0.0700. The standard InChI is InChI=1S/C24H24F2N4O2S/c25-23(26)14-30-13-16(12-28-30)20-10-18(7-8-27-20)32-17-5-6-19-22(11-17)33-24(29-19)9-15-3-1-2-4-21(15)31/h5-8,10-13,15,21,23,31H,1-4,9,14H2/t15-,21+/m0/s1. The largest absolute Gasteiger partial charge is 0.457 e. The van der Waals surface area contributed by atoms with Gasteiger partial charge in [-0.2, -0.15) is 5.10 Å². The minimum absolute atomic E-state index is 0.229. The summed E-state index contributed by atoms with van der Waals surface area (Å²) in [5, 5.41) is 15.3. The Morgan fingerprint density at radius 3 is 2.85 bits per heavy atom. The van der Waals surface area contributed by atoms with Gasteiger partial charge in [0, 0.05) is 36.5 Å². The van der Waals surface area contributed by atoms with Crippen LogP contribution in [0.25, 0.3) is 21.5 Å². The van der Waals surface area contributed by atoms with E-state index in [-0.39, 0.29) is 12.0 Å². The van der Waals surface area contributed by atoms with Crippen molar-refractivity contribution >= 4 is 21.6 Å². The Labute approximate surface area is 193 Å². The van der Waals surface area contributed by atoms with Crippen LogP contribution in [0.15, 0.2) is 48.9 Å². The highest BCUT2D eigenvalue weighted by atomic mass is 32.1. The van der Waals surface area contributed by atoms with E-state index in [2.05, 4.69) is 10.1 Å². The van der Waals surface area contributed by atoms with Crippen LogP contribution in [0.1, 0.15) is 30.7 Å². The molecule has 1 aromatic carbocycles. The fraction of sp³-hybridized carbons (Fsp3) is 0.375. The first kappa shape index (κ1) is 21.9. The highest BCUT2D eigenvalue weighted by Crippen LogP contribution is 2.33. The van der Waals surface area contributed by atoms with E-state index in [4.69, 9.17) is 9.72 Å². The van der Waals surface area contributed by atoms with Crippen molar-refractivity contribution in [3.63, 3.8) is 0 Å². The van der Waals surface area contributed by atoms with Crippen LogP contribution in [0.3, 0.4) is 0 Å². The van der Waals surface area contributed by atoms with Crippen LogP contribution in [0.4, 0.5) is 8.78 Å². The lowest BCUT2D eigenvalue weighted by Gasteiger charge is -2.26. The monoisotopic (exact) mass is 470 g/mol. The number of benzene rings is 1. The number of hydrogen-bond donors (Lipinski definition) is 1. The Kier molecular flexibility index (Phi) is 6.32. The zero-order chi connectivity index (χ0) is 22.8. The highest BCUT2D eigenvalue weighted by molar-refractivity contribution is 7.18. The van der Waals surface area contributed by atoms with E-state index in [1.807, 2.05) is 18.2 Å². The summed E-state index contributed by atoms with van der Waals surface area (Å²) >= 11 is 1.64. The van der Waals surface area contributed by atoms with E-state index in [1.54, 1.807) is 35.9 Å². The number of pyridine rings is 1. The lowest BCUT2D eigenvalue weighted by atomic mass is 9.84. The van der Waals surface area contributed by atoms with E-state index in [0.29, 0.717) is 22.8 Å². The summed E-state index contributed by atoms with van der Waals surface area (Å²) < 4.78 is 33.4. The number of hydrogen-bond acceptors (Lipinski definition) is 6. The molecule has 1 saturated carbocycles. The van der Waals surface area contributed by atoms with Crippen LogP contribution in [-0.4, -0.2) is 37.4 Å². The van der Waals surface area contributed by atoms with Gasteiger partial charge in [0.25, 0.3) is 6.43 Å². The SMILES string of the molecule is O[C@@H]1CCCC[C@H]1Cc1nc2ccc(Oc3ccnc(-c4cnn(CC(F)F)c4)c3)cc2s1. The predicted molar refractivity (Wildman–Crippen MR) is 123 cm³/mol. The zero-order valence-corrected chi connectivity index (χ0v) is 18.7. The minimum Gasteiger partial charge on any atom is -0.457 e. The molecule has 2 atom stereocenters. The molecule has 5 rings (SSSR count). The molecule has 172 valence electrons. The van der Waals surface area contributed by atoms with Gasteiger partial charge < -0.3 is 9.84 Å². The number of nitrogens with zero attached hydrogens (tertiary/aromatic N) is 4. The van der Waals surface area contributed by atoms with E-state index in [9.17, 15) is 13.9 Å². The first-order chi connectivity index (χ1) is 16.0. The summed E-state index contributed by atoms with van der Waals surface area (Å²) in [6.07, 6.45) is 7.01. The lowest BCUT2D eigenvalue weighted by Crippen LogP contribution is -2.26. The first-order valence-corrected chi connectivity index (χ1v) is 11.9. The van der Waals surface area contributed by atoms with Crippen molar-refractivity contribution in [3.8, 4) is 22.8 Å². The second-order valence-electron chi connectivity index (χ2n) is 8.37. The first-order valence-electron chi connectivity index (χ1n) is 11.1. The Morgan fingerprint density at radius 1 is 1.15 bits per heavy atom. The number of alkyl halides is 2. The van der Waals surface area contributed by atoms with Gasteiger partial charge >= 0.3 is 0 Å². The summed E-state index contributed by atoms with van der Waals surface area (Å²) in [6, 6.07) is 9.30. The Hall–Kier alpha value is -2.91. The fourth-order valence-corrected chi connectivity index (χ4v) is 5.35. The zero-order valence-electron chi connectivity index (χ0n) is 17.9. The molecule has 33 heavy (non-hydrogen) atoms. The molecule has 0 aliphatic heterocycles. The molecular weight excluding hydrogens is 446 g/mol. The molecule has 1 aliphatic rings. The van der Waals surface area contributed by atoms with Gasteiger partial charge in [0.05, 0.1) is 33.2 Å². The molecule has 1 N–H and O–H groups in total. The normalized spacial score (nSPS) is 18.8. The summed E-state index contributed by atoms with van der Waals surface area (Å²) in [6.45, 7) is -0.452. The maximum Gasteiger partial charge on any atom is 0.257 e. The number of aliphatic hydroxyl groups excluding tert-OH is 1. The van der Waals surface area contributed by atoms with Crippen LogP contribution in [0.5, 0.6) is 11.5 Å². The summed E-state index contributed by atoms with van der Waals surface area (Å²) in [5.74, 6) is 1.56. The Bertz CT molecular complexity index is 1240. The molecule has 0 saturated heterocycles. The van der Waals surface area contributed by atoms with Crippen molar-refractivity contribution in [2.24, 2.45) is 5.92 Å². The van der Waals surface area contributed by atoms with Crippen molar-refractivity contribution in [1.29, 1.82) is 0 Å². The number of thiazole rings is 1. The van der Waals surface area contributed by atoms with Gasteiger partial charge in [0.15, 0.2) is 0 Å². The van der Waals surface area contributed by atoms with Crippen molar-refractivity contribution in [2.45, 2.75) is 51.2 Å². The van der Waals surface area contributed by atoms with Crippen LogP contribution < -0.4 is 4.74 Å². The van der Waals surface area contributed by atoms with Gasteiger partial charge in [-0.3, -0.25) is 9.67 Å². The molecule has 1 aliphatic carbocycles. The Balaban J connectivity index is 1.31. The predicted octanol–water partition coefficient (Wildman–Crippen LogP) is 5.71. The summed E-state index contributed by atoms with van der Waals surface area (Å²) in [5.41, 5.74) is 2.17. The highest BCUT2D eigenvalue weighted by Gasteiger charge is 2.24. The number of ether oxygens (including phenoxy) is 1. The van der Waals surface area contributed by atoms with Crippen molar-refractivity contribution in [1.82, 2.24) is 19.7 Å². The molecule has 4 aromatic rings. The minimum atomic E-state index is -2.46. The van der Waals surface area contributed by atoms with Crippen LogP contribution in [0.2, 0.25) is 0 Å². The fourth-order valence-electron chi connectivity index (χ4n) is 4.26. The number of rotatable bonds is 7. The molecule has 0 amide bonds.